The molecule has 1 aliphatic carbocycles. The van der Waals surface area contributed by atoms with Gasteiger partial charge in [0.15, 0.2) is 0 Å². The van der Waals surface area contributed by atoms with Crippen LogP contribution in [0.15, 0.2) is 23.8 Å². The molecule has 0 radical (unpaired) electrons. The molecule has 0 saturated heterocycles. The Kier molecular flexibility index (Phi) is 3.06. The molecule has 0 aromatic rings. The van der Waals surface area contributed by atoms with E-state index >= 15 is 0 Å². The first-order chi connectivity index (χ1) is 5.73. The molecule has 0 aliphatic heterocycles. The van der Waals surface area contributed by atoms with E-state index < -0.39 is 5.60 Å². The van der Waals surface area contributed by atoms with Crippen LogP contribution in [0.25, 0.3) is 0 Å². The van der Waals surface area contributed by atoms with Gasteiger partial charge in [-0.3, -0.25) is 0 Å². The summed E-state index contributed by atoms with van der Waals surface area (Å²) in [5, 5.41) is 18.9. The fourth-order valence-electron chi connectivity index (χ4n) is 1.37. The number of rotatable bonds is 3. The summed E-state index contributed by atoms with van der Waals surface area (Å²) in [4.78, 5) is 0. The highest BCUT2D eigenvalue weighted by Crippen LogP contribution is 2.25. The molecule has 0 amide bonds. The van der Waals surface area contributed by atoms with Gasteiger partial charge in [0.05, 0.1) is 6.61 Å². The van der Waals surface area contributed by atoms with Crippen molar-refractivity contribution in [2.45, 2.75) is 31.8 Å². The normalized spacial score (nSPS) is 21.8. The van der Waals surface area contributed by atoms with Gasteiger partial charge in [-0.25, -0.2) is 0 Å². The minimum absolute atomic E-state index is 0.195. The minimum Gasteiger partial charge on any atom is -0.393 e. The third-order valence-corrected chi connectivity index (χ3v) is 2.38. The smallest absolute Gasteiger partial charge is 0.112 e. The average Bonchev–Trinajstić information content (AvgIpc) is 2.18. The lowest BCUT2D eigenvalue weighted by atomic mass is 9.88. The maximum absolute atomic E-state index is 9.88. The zero-order chi connectivity index (χ0) is 9.03. The second-order valence-electron chi connectivity index (χ2n) is 3.18. The summed E-state index contributed by atoms with van der Waals surface area (Å²) in [5.41, 5.74) is -0.157. The highest BCUT2D eigenvalue weighted by Gasteiger charge is 2.27. The van der Waals surface area contributed by atoms with Crippen LogP contribution in [0, 0.1) is 0 Å². The van der Waals surface area contributed by atoms with Gasteiger partial charge in [0.2, 0.25) is 0 Å². The Morgan fingerprint density at radius 2 is 2.25 bits per heavy atom. The Bertz CT molecular complexity index is 200. The van der Waals surface area contributed by atoms with Crippen LogP contribution in [0.2, 0.25) is 0 Å². The zero-order valence-corrected chi connectivity index (χ0v) is 7.45. The van der Waals surface area contributed by atoms with Crippen molar-refractivity contribution >= 4 is 0 Å². The Labute approximate surface area is 73.2 Å². The Morgan fingerprint density at radius 3 is 2.67 bits per heavy atom. The van der Waals surface area contributed by atoms with E-state index in [2.05, 4.69) is 0 Å². The highest BCUT2D eigenvalue weighted by atomic mass is 16.3. The second kappa shape index (κ2) is 3.87. The largest absolute Gasteiger partial charge is 0.393 e. The van der Waals surface area contributed by atoms with E-state index in [0.29, 0.717) is 6.42 Å². The van der Waals surface area contributed by atoms with Crippen LogP contribution in [0.1, 0.15) is 26.2 Å². The summed E-state index contributed by atoms with van der Waals surface area (Å²) in [6.07, 6.45) is 8.50. The number of allylic oxidation sites excluding steroid dienone is 2. The van der Waals surface area contributed by atoms with Gasteiger partial charge in [-0.05, 0) is 24.8 Å². The van der Waals surface area contributed by atoms with Crippen LogP contribution in [-0.2, 0) is 0 Å². The lowest BCUT2D eigenvalue weighted by Crippen LogP contribution is -2.34. The third-order valence-electron chi connectivity index (χ3n) is 2.38. The van der Waals surface area contributed by atoms with Gasteiger partial charge in [0, 0.05) is 0 Å². The predicted octanol–water partition coefficient (Wildman–Crippen LogP) is 1.40. The quantitative estimate of drug-likeness (QED) is 0.668. The highest BCUT2D eigenvalue weighted by molar-refractivity contribution is 5.31. The second-order valence-corrected chi connectivity index (χ2v) is 3.18. The van der Waals surface area contributed by atoms with Gasteiger partial charge >= 0.3 is 0 Å². The summed E-state index contributed by atoms with van der Waals surface area (Å²) in [5.74, 6) is 0. The van der Waals surface area contributed by atoms with Crippen molar-refractivity contribution < 1.29 is 10.2 Å². The lowest BCUT2D eigenvalue weighted by Gasteiger charge is -2.27. The van der Waals surface area contributed by atoms with Crippen molar-refractivity contribution in [3.05, 3.63) is 23.8 Å². The van der Waals surface area contributed by atoms with E-state index in [1.165, 1.54) is 0 Å². The molecule has 2 heteroatoms. The Balaban J connectivity index is 2.78. The van der Waals surface area contributed by atoms with Crippen LogP contribution in [0.4, 0.5) is 0 Å². The summed E-state index contributed by atoms with van der Waals surface area (Å²) in [6.45, 7) is 1.68. The monoisotopic (exact) mass is 168 g/mol. The molecule has 68 valence electrons. The molecule has 12 heavy (non-hydrogen) atoms. The van der Waals surface area contributed by atoms with Crippen molar-refractivity contribution in [3.63, 3.8) is 0 Å². The first-order valence-electron chi connectivity index (χ1n) is 4.43. The number of hydrogen-bond donors (Lipinski definition) is 2. The van der Waals surface area contributed by atoms with Crippen molar-refractivity contribution in [2.75, 3.05) is 6.61 Å². The molecule has 0 spiro atoms. The summed E-state index contributed by atoms with van der Waals surface area (Å²) in [7, 11) is 0. The molecule has 0 heterocycles. The molecule has 2 nitrogen and oxygen atoms in total. The Morgan fingerprint density at radius 1 is 1.50 bits per heavy atom. The van der Waals surface area contributed by atoms with Gasteiger partial charge in [-0.15, -0.1) is 0 Å². The molecule has 0 bridgehead atoms. The van der Waals surface area contributed by atoms with Gasteiger partial charge in [-0.2, -0.15) is 0 Å². The maximum Gasteiger partial charge on any atom is 0.112 e. The van der Waals surface area contributed by atoms with Crippen LogP contribution < -0.4 is 0 Å². The fraction of sp³-hybridized carbons (Fsp3) is 0.600. The molecule has 1 rings (SSSR count). The van der Waals surface area contributed by atoms with Crippen LogP contribution >= 0.6 is 0 Å². The van der Waals surface area contributed by atoms with Crippen molar-refractivity contribution in [3.8, 4) is 0 Å². The Hall–Kier alpha value is -0.600. The number of hydrogen-bond acceptors (Lipinski definition) is 2. The van der Waals surface area contributed by atoms with E-state index in [4.69, 9.17) is 5.11 Å². The number of aliphatic hydroxyl groups excluding tert-OH is 1. The van der Waals surface area contributed by atoms with Crippen LogP contribution in [0.3, 0.4) is 0 Å². The van der Waals surface area contributed by atoms with E-state index in [1.54, 1.807) is 0 Å². The summed E-state index contributed by atoms with van der Waals surface area (Å²) in [6, 6.07) is 0. The predicted molar refractivity (Wildman–Crippen MR) is 48.8 cm³/mol. The molecule has 2 N–H and O–H groups in total. The summed E-state index contributed by atoms with van der Waals surface area (Å²) < 4.78 is 0. The van der Waals surface area contributed by atoms with Gasteiger partial charge in [0.25, 0.3) is 0 Å². The molecular formula is C10H16O2. The van der Waals surface area contributed by atoms with Gasteiger partial charge in [-0.1, -0.05) is 25.2 Å². The SMILES string of the molecule is CCC(O)(CO)C1=CCCC=C1. The maximum atomic E-state index is 9.88. The fourth-order valence-corrected chi connectivity index (χ4v) is 1.37. The lowest BCUT2D eigenvalue weighted by molar-refractivity contribution is 0.0167. The summed E-state index contributed by atoms with van der Waals surface area (Å²) >= 11 is 0. The van der Waals surface area contributed by atoms with E-state index in [0.717, 1.165) is 18.4 Å². The standard InChI is InChI=1S/C10H16O2/c1-2-10(12,8-11)9-6-4-3-5-7-9/h4,6-7,11-12H,2-3,5,8H2,1H3. The minimum atomic E-state index is -1.02. The molecule has 0 aromatic heterocycles. The van der Waals surface area contributed by atoms with Crippen molar-refractivity contribution in [2.24, 2.45) is 0 Å². The van der Waals surface area contributed by atoms with Crippen LogP contribution in [-0.4, -0.2) is 22.4 Å². The zero-order valence-electron chi connectivity index (χ0n) is 7.45. The van der Waals surface area contributed by atoms with Crippen LogP contribution in [0.5, 0.6) is 0 Å². The first-order valence-corrected chi connectivity index (χ1v) is 4.43. The number of aliphatic hydroxyl groups is 2. The van der Waals surface area contributed by atoms with E-state index in [1.807, 2.05) is 25.2 Å². The molecule has 1 unspecified atom stereocenters. The van der Waals surface area contributed by atoms with E-state index in [-0.39, 0.29) is 6.61 Å². The van der Waals surface area contributed by atoms with Gasteiger partial charge < -0.3 is 10.2 Å². The third kappa shape index (κ3) is 1.76. The van der Waals surface area contributed by atoms with Crippen molar-refractivity contribution in [1.29, 1.82) is 0 Å². The van der Waals surface area contributed by atoms with Gasteiger partial charge in [0.1, 0.15) is 5.60 Å². The molecule has 0 fully saturated rings. The molecule has 0 saturated carbocycles. The van der Waals surface area contributed by atoms with Crippen molar-refractivity contribution in [1.82, 2.24) is 0 Å². The molecular weight excluding hydrogens is 152 g/mol. The van der Waals surface area contributed by atoms with E-state index in [9.17, 15) is 5.11 Å². The molecule has 1 atom stereocenters. The molecule has 1 aliphatic rings. The first kappa shape index (κ1) is 9.49. The molecule has 0 aromatic carbocycles. The average molecular weight is 168 g/mol. The topological polar surface area (TPSA) is 40.5 Å².